The summed E-state index contributed by atoms with van der Waals surface area (Å²) in [7, 11) is 0. The second-order valence-electron chi connectivity index (χ2n) is 4.67. The molecule has 0 unspecified atom stereocenters. The van der Waals surface area contributed by atoms with Gasteiger partial charge in [0, 0.05) is 0 Å². The third kappa shape index (κ3) is 2.43. The van der Waals surface area contributed by atoms with Gasteiger partial charge in [-0.3, -0.25) is 4.79 Å². The lowest BCUT2D eigenvalue weighted by molar-refractivity contribution is -0.132. The van der Waals surface area contributed by atoms with Crippen LogP contribution < -0.4 is 10.5 Å². The van der Waals surface area contributed by atoms with Gasteiger partial charge in [0.2, 0.25) is 0 Å². The van der Waals surface area contributed by atoms with Crippen LogP contribution in [0.2, 0.25) is 0 Å². The number of carbonyl (C=O) groups excluding carboxylic acids is 1. The van der Waals surface area contributed by atoms with Gasteiger partial charge in [0.05, 0.1) is 0 Å². The van der Waals surface area contributed by atoms with E-state index in [1.165, 1.54) is 5.56 Å². The lowest BCUT2D eigenvalue weighted by Gasteiger charge is -2.26. The van der Waals surface area contributed by atoms with Gasteiger partial charge in [-0.2, -0.15) is 0 Å². The van der Waals surface area contributed by atoms with Crippen LogP contribution >= 0.6 is 0 Å². The standard InChI is InChI=1S/C14H19NO2/c1-2-11-5-7-12(8-6-11)17-14(13(15)16)9-3-4-10-14/h5-8H,2-4,9-10H2,1H3,(H2,15,16). The first-order valence-corrected chi connectivity index (χ1v) is 6.24. The first-order valence-electron chi connectivity index (χ1n) is 6.24. The molecule has 3 nitrogen and oxygen atoms in total. The van der Waals surface area contributed by atoms with Crippen LogP contribution in [0, 0.1) is 0 Å². The Morgan fingerprint density at radius 1 is 1.29 bits per heavy atom. The molecule has 2 rings (SSSR count). The molecule has 2 N–H and O–H groups in total. The van der Waals surface area contributed by atoms with Gasteiger partial charge in [-0.1, -0.05) is 19.1 Å². The second kappa shape index (κ2) is 4.78. The first kappa shape index (κ1) is 12.0. The number of hydrogen-bond donors (Lipinski definition) is 1. The summed E-state index contributed by atoms with van der Waals surface area (Å²) in [6.07, 6.45) is 4.49. The Labute approximate surface area is 102 Å². The van der Waals surface area contributed by atoms with Crippen molar-refractivity contribution in [3.05, 3.63) is 29.8 Å². The molecule has 0 spiro atoms. The molecule has 1 aromatic carbocycles. The molecule has 0 heterocycles. The Morgan fingerprint density at radius 3 is 2.35 bits per heavy atom. The number of hydrogen-bond acceptors (Lipinski definition) is 2. The van der Waals surface area contributed by atoms with E-state index in [4.69, 9.17) is 10.5 Å². The molecule has 92 valence electrons. The van der Waals surface area contributed by atoms with Crippen LogP contribution in [0.3, 0.4) is 0 Å². The zero-order valence-electron chi connectivity index (χ0n) is 10.2. The molecular formula is C14H19NO2. The van der Waals surface area contributed by atoms with E-state index in [1.54, 1.807) is 0 Å². The molecule has 1 fully saturated rings. The number of aryl methyl sites for hydroxylation is 1. The summed E-state index contributed by atoms with van der Waals surface area (Å²) in [5.41, 5.74) is 5.96. The third-order valence-electron chi connectivity index (χ3n) is 3.51. The Balaban J connectivity index is 2.15. The second-order valence-corrected chi connectivity index (χ2v) is 4.67. The maximum atomic E-state index is 11.5. The van der Waals surface area contributed by atoms with Crippen molar-refractivity contribution in [3.63, 3.8) is 0 Å². The molecule has 0 atom stereocenters. The summed E-state index contributed by atoms with van der Waals surface area (Å²) in [6, 6.07) is 7.89. The molecule has 0 bridgehead atoms. The number of ether oxygens (including phenoxy) is 1. The fourth-order valence-electron chi connectivity index (χ4n) is 2.36. The minimum absolute atomic E-state index is 0.338. The Kier molecular flexibility index (Phi) is 3.36. The molecule has 3 heteroatoms. The van der Waals surface area contributed by atoms with E-state index in [0.29, 0.717) is 0 Å². The zero-order valence-corrected chi connectivity index (χ0v) is 10.2. The summed E-state index contributed by atoms with van der Waals surface area (Å²) >= 11 is 0. The van der Waals surface area contributed by atoms with Crippen molar-refractivity contribution in [1.82, 2.24) is 0 Å². The Hall–Kier alpha value is -1.51. The third-order valence-corrected chi connectivity index (χ3v) is 3.51. The molecule has 0 radical (unpaired) electrons. The van der Waals surface area contributed by atoms with Crippen LogP contribution in [0.5, 0.6) is 5.75 Å². The van der Waals surface area contributed by atoms with Crippen molar-refractivity contribution < 1.29 is 9.53 Å². The van der Waals surface area contributed by atoms with Crippen molar-refractivity contribution in [1.29, 1.82) is 0 Å². The number of benzene rings is 1. The van der Waals surface area contributed by atoms with Crippen LogP contribution in [0.1, 0.15) is 38.2 Å². The van der Waals surface area contributed by atoms with Crippen molar-refractivity contribution in [2.45, 2.75) is 44.6 Å². The highest BCUT2D eigenvalue weighted by molar-refractivity contribution is 5.84. The van der Waals surface area contributed by atoms with Crippen LogP contribution in [0.4, 0.5) is 0 Å². The Morgan fingerprint density at radius 2 is 1.88 bits per heavy atom. The molecule has 17 heavy (non-hydrogen) atoms. The zero-order chi connectivity index (χ0) is 12.3. The van der Waals surface area contributed by atoms with Crippen molar-refractivity contribution in [2.75, 3.05) is 0 Å². The van der Waals surface area contributed by atoms with Gasteiger partial charge in [0.1, 0.15) is 5.75 Å². The number of primary amides is 1. The van der Waals surface area contributed by atoms with Crippen molar-refractivity contribution in [3.8, 4) is 5.75 Å². The van der Waals surface area contributed by atoms with Gasteiger partial charge >= 0.3 is 0 Å². The van der Waals surface area contributed by atoms with Crippen LogP contribution in [-0.2, 0) is 11.2 Å². The van der Waals surface area contributed by atoms with Crippen molar-refractivity contribution >= 4 is 5.91 Å². The van der Waals surface area contributed by atoms with Gasteiger partial charge in [-0.05, 0) is 49.8 Å². The summed E-state index contributed by atoms with van der Waals surface area (Å²) in [5.74, 6) is 0.400. The maximum Gasteiger partial charge on any atom is 0.261 e. The van der Waals surface area contributed by atoms with Gasteiger partial charge < -0.3 is 10.5 Å². The fraction of sp³-hybridized carbons (Fsp3) is 0.500. The van der Waals surface area contributed by atoms with Crippen LogP contribution in [-0.4, -0.2) is 11.5 Å². The molecule has 1 saturated carbocycles. The molecule has 0 aromatic heterocycles. The maximum absolute atomic E-state index is 11.5. The van der Waals surface area contributed by atoms with Gasteiger partial charge in [0.15, 0.2) is 5.60 Å². The molecule has 0 aliphatic heterocycles. The van der Waals surface area contributed by atoms with Crippen molar-refractivity contribution in [2.24, 2.45) is 5.73 Å². The molecule has 1 amide bonds. The molecule has 1 aliphatic carbocycles. The lowest BCUT2D eigenvalue weighted by Crippen LogP contribution is -2.46. The summed E-state index contributed by atoms with van der Waals surface area (Å²) in [6.45, 7) is 2.11. The van der Waals surface area contributed by atoms with Gasteiger partial charge in [0.25, 0.3) is 5.91 Å². The minimum atomic E-state index is -0.770. The highest BCUT2D eigenvalue weighted by Gasteiger charge is 2.41. The molecule has 1 aliphatic rings. The monoisotopic (exact) mass is 233 g/mol. The smallest absolute Gasteiger partial charge is 0.261 e. The summed E-state index contributed by atoms with van der Waals surface area (Å²) < 4.78 is 5.85. The van der Waals surface area contributed by atoms with E-state index in [-0.39, 0.29) is 5.91 Å². The first-order chi connectivity index (χ1) is 8.16. The normalized spacial score (nSPS) is 17.9. The minimum Gasteiger partial charge on any atom is -0.477 e. The molecular weight excluding hydrogens is 214 g/mol. The molecule has 1 aromatic rings. The van der Waals surface area contributed by atoms with E-state index in [0.717, 1.165) is 37.9 Å². The largest absolute Gasteiger partial charge is 0.477 e. The highest BCUT2D eigenvalue weighted by atomic mass is 16.5. The number of carbonyl (C=O) groups is 1. The quantitative estimate of drug-likeness (QED) is 0.868. The van der Waals surface area contributed by atoms with Gasteiger partial charge in [-0.15, -0.1) is 0 Å². The average molecular weight is 233 g/mol. The SMILES string of the molecule is CCc1ccc(OC2(C(N)=O)CCCC2)cc1. The lowest BCUT2D eigenvalue weighted by atomic mass is 10.0. The van der Waals surface area contributed by atoms with E-state index in [9.17, 15) is 4.79 Å². The predicted octanol–water partition coefficient (Wildman–Crippen LogP) is 2.43. The highest BCUT2D eigenvalue weighted by Crippen LogP contribution is 2.34. The van der Waals surface area contributed by atoms with E-state index < -0.39 is 5.60 Å². The van der Waals surface area contributed by atoms with E-state index in [1.807, 2.05) is 24.3 Å². The predicted molar refractivity (Wildman–Crippen MR) is 66.8 cm³/mol. The fourth-order valence-corrected chi connectivity index (χ4v) is 2.36. The van der Waals surface area contributed by atoms with E-state index in [2.05, 4.69) is 6.92 Å². The molecule has 0 saturated heterocycles. The van der Waals surface area contributed by atoms with Crippen LogP contribution in [0.25, 0.3) is 0 Å². The summed E-state index contributed by atoms with van der Waals surface area (Å²) in [5, 5.41) is 0. The average Bonchev–Trinajstić information content (AvgIpc) is 2.80. The van der Waals surface area contributed by atoms with Crippen LogP contribution in [0.15, 0.2) is 24.3 Å². The topological polar surface area (TPSA) is 52.3 Å². The summed E-state index contributed by atoms with van der Waals surface area (Å²) in [4.78, 5) is 11.5. The Bertz CT molecular complexity index is 391. The van der Waals surface area contributed by atoms with E-state index >= 15 is 0 Å². The number of nitrogens with two attached hydrogens (primary N) is 1. The number of rotatable bonds is 4. The number of amides is 1. The van der Waals surface area contributed by atoms with Gasteiger partial charge in [-0.25, -0.2) is 0 Å².